The van der Waals surface area contributed by atoms with Crippen LogP contribution in [-0.4, -0.2) is 23.3 Å². The highest BCUT2D eigenvalue weighted by Gasteiger charge is 2.34. The molecule has 0 aromatic rings. The summed E-state index contributed by atoms with van der Waals surface area (Å²) in [7, 11) is 0. The standard InChI is InChI=1S/C14H26N2/c1-11(2)9-10-16(13-7-8-13)14(15)12-5-3-4-6-12/h11-13,15H,3-10H2,1-2H3. The monoisotopic (exact) mass is 222 g/mol. The van der Waals surface area contributed by atoms with E-state index in [-0.39, 0.29) is 0 Å². The minimum Gasteiger partial charge on any atom is -0.357 e. The highest BCUT2D eigenvalue weighted by Crippen LogP contribution is 2.33. The van der Waals surface area contributed by atoms with Crippen molar-refractivity contribution in [2.75, 3.05) is 6.54 Å². The Labute approximate surface area is 99.9 Å². The number of hydrogen-bond donors (Lipinski definition) is 1. The molecular weight excluding hydrogens is 196 g/mol. The van der Waals surface area contributed by atoms with Crippen LogP contribution in [0, 0.1) is 17.2 Å². The Hall–Kier alpha value is -0.530. The van der Waals surface area contributed by atoms with Crippen LogP contribution < -0.4 is 0 Å². The maximum Gasteiger partial charge on any atom is 0.0992 e. The van der Waals surface area contributed by atoms with Crippen molar-refractivity contribution in [2.45, 2.75) is 64.8 Å². The molecule has 0 radical (unpaired) electrons. The van der Waals surface area contributed by atoms with Gasteiger partial charge < -0.3 is 4.90 Å². The second kappa shape index (κ2) is 5.20. The first-order chi connectivity index (χ1) is 7.68. The summed E-state index contributed by atoms with van der Waals surface area (Å²) in [6.45, 7) is 5.69. The third-order valence-electron chi connectivity index (χ3n) is 3.99. The molecule has 0 aliphatic heterocycles. The van der Waals surface area contributed by atoms with Gasteiger partial charge in [-0.25, -0.2) is 0 Å². The Bertz CT molecular complexity index is 237. The highest BCUT2D eigenvalue weighted by atomic mass is 15.2. The van der Waals surface area contributed by atoms with E-state index in [1.807, 2.05) is 0 Å². The average Bonchev–Trinajstić information content (AvgIpc) is 2.93. The fourth-order valence-corrected chi connectivity index (χ4v) is 2.72. The minimum atomic E-state index is 0.591. The van der Waals surface area contributed by atoms with E-state index >= 15 is 0 Å². The summed E-state index contributed by atoms with van der Waals surface area (Å²) in [5.41, 5.74) is 0. The van der Waals surface area contributed by atoms with E-state index < -0.39 is 0 Å². The van der Waals surface area contributed by atoms with Crippen molar-refractivity contribution in [2.24, 2.45) is 11.8 Å². The van der Waals surface area contributed by atoms with Gasteiger partial charge in [0, 0.05) is 18.5 Å². The topological polar surface area (TPSA) is 27.1 Å². The van der Waals surface area contributed by atoms with E-state index in [0.29, 0.717) is 5.92 Å². The van der Waals surface area contributed by atoms with Crippen LogP contribution >= 0.6 is 0 Å². The molecule has 2 fully saturated rings. The van der Waals surface area contributed by atoms with Gasteiger partial charge in [0.25, 0.3) is 0 Å². The molecule has 0 aromatic heterocycles. The molecule has 0 unspecified atom stereocenters. The second-order valence-electron chi connectivity index (χ2n) is 5.97. The van der Waals surface area contributed by atoms with Crippen LogP contribution in [0.3, 0.4) is 0 Å². The lowest BCUT2D eigenvalue weighted by molar-refractivity contribution is 0.350. The van der Waals surface area contributed by atoms with E-state index in [2.05, 4.69) is 18.7 Å². The zero-order valence-electron chi connectivity index (χ0n) is 10.8. The maximum absolute atomic E-state index is 8.38. The van der Waals surface area contributed by atoms with Crippen molar-refractivity contribution in [1.29, 1.82) is 5.41 Å². The first kappa shape index (κ1) is 11.9. The Morgan fingerprint density at radius 3 is 2.31 bits per heavy atom. The van der Waals surface area contributed by atoms with Crippen LogP contribution in [0.4, 0.5) is 0 Å². The van der Waals surface area contributed by atoms with Gasteiger partial charge >= 0.3 is 0 Å². The molecule has 0 aromatic carbocycles. The smallest absolute Gasteiger partial charge is 0.0992 e. The summed E-state index contributed by atoms with van der Waals surface area (Å²) in [6, 6.07) is 0.729. The number of nitrogens with zero attached hydrogens (tertiary/aromatic N) is 1. The number of rotatable bonds is 5. The molecule has 2 saturated carbocycles. The molecule has 0 atom stereocenters. The SMILES string of the molecule is CC(C)CCN(C(=N)C1CCCC1)C1CC1. The van der Waals surface area contributed by atoms with Gasteiger partial charge in [-0.1, -0.05) is 26.7 Å². The third-order valence-corrected chi connectivity index (χ3v) is 3.99. The summed E-state index contributed by atoms with van der Waals surface area (Å²) < 4.78 is 0. The van der Waals surface area contributed by atoms with Crippen molar-refractivity contribution in [3.05, 3.63) is 0 Å². The molecule has 2 heteroatoms. The summed E-state index contributed by atoms with van der Waals surface area (Å²) in [5.74, 6) is 2.33. The predicted octanol–water partition coefficient (Wildman–Crippen LogP) is 3.66. The molecule has 0 spiro atoms. The third kappa shape index (κ3) is 2.99. The van der Waals surface area contributed by atoms with Gasteiger partial charge in [-0.2, -0.15) is 0 Å². The van der Waals surface area contributed by atoms with E-state index in [1.54, 1.807) is 0 Å². The molecule has 2 nitrogen and oxygen atoms in total. The van der Waals surface area contributed by atoms with E-state index in [9.17, 15) is 0 Å². The summed E-state index contributed by atoms with van der Waals surface area (Å²) in [4.78, 5) is 2.43. The molecule has 16 heavy (non-hydrogen) atoms. The van der Waals surface area contributed by atoms with Crippen LogP contribution in [-0.2, 0) is 0 Å². The Morgan fingerprint density at radius 2 is 1.81 bits per heavy atom. The zero-order valence-corrected chi connectivity index (χ0v) is 10.8. The number of amidine groups is 1. The van der Waals surface area contributed by atoms with Crippen molar-refractivity contribution < 1.29 is 0 Å². The molecule has 1 N–H and O–H groups in total. The second-order valence-corrected chi connectivity index (χ2v) is 5.97. The Kier molecular flexibility index (Phi) is 3.88. The van der Waals surface area contributed by atoms with Crippen LogP contribution in [0.2, 0.25) is 0 Å². The van der Waals surface area contributed by atoms with Gasteiger partial charge in [0.1, 0.15) is 0 Å². The lowest BCUT2D eigenvalue weighted by Crippen LogP contribution is -2.37. The molecule has 2 aliphatic rings. The van der Waals surface area contributed by atoms with Gasteiger partial charge in [-0.05, 0) is 38.0 Å². The Morgan fingerprint density at radius 1 is 1.19 bits per heavy atom. The molecule has 0 saturated heterocycles. The lowest BCUT2D eigenvalue weighted by Gasteiger charge is -2.29. The molecule has 92 valence electrons. The first-order valence-electron chi connectivity index (χ1n) is 7.03. The highest BCUT2D eigenvalue weighted by molar-refractivity contribution is 5.82. The quantitative estimate of drug-likeness (QED) is 0.558. The maximum atomic E-state index is 8.38. The minimum absolute atomic E-state index is 0.591. The van der Waals surface area contributed by atoms with Crippen LogP contribution in [0.15, 0.2) is 0 Å². The molecular formula is C14H26N2. The largest absolute Gasteiger partial charge is 0.357 e. The molecule has 0 amide bonds. The molecule has 2 aliphatic carbocycles. The van der Waals surface area contributed by atoms with Crippen molar-refractivity contribution in [3.63, 3.8) is 0 Å². The van der Waals surface area contributed by atoms with Gasteiger partial charge in [0.15, 0.2) is 0 Å². The van der Waals surface area contributed by atoms with Crippen LogP contribution in [0.1, 0.15) is 58.8 Å². The summed E-state index contributed by atoms with van der Waals surface area (Å²) in [6.07, 6.45) is 9.12. The van der Waals surface area contributed by atoms with Crippen LogP contribution in [0.25, 0.3) is 0 Å². The van der Waals surface area contributed by atoms with Gasteiger partial charge in [0.2, 0.25) is 0 Å². The average molecular weight is 222 g/mol. The van der Waals surface area contributed by atoms with Gasteiger partial charge in [-0.3, -0.25) is 5.41 Å². The predicted molar refractivity (Wildman–Crippen MR) is 68.9 cm³/mol. The van der Waals surface area contributed by atoms with Crippen molar-refractivity contribution >= 4 is 5.84 Å². The Balaban J connectivity index is 1.87. The zero-order chi connectivity index (χ0) is 11.5. The van der Waals surface area contributed by atoms with E-state index in [4.69, 9.17) is 5.41 Å². The normalized spacial score (nSPS) is 21.7. The summed E-state index contributed by atoms with van der Waals surface area (Å²) in [5, 5.41) is 8.38. The molecule has 2 rings (SSSR count). The number of nitrogens with one attached hydrogen (secondary N) is 1. The molecule has 0 bridgehead atoms. The first-order valence-corrected chi connectivity index (χ1v) is 7.03. The summed E-state index contributed by atoms with van der Waals surface area (Å²) >= 11 is 0. The number of hydrogen-bond acceptors (Lipinski definition) is 1. The van der Waals surface area contributed by atoms with Crippen molar-refractivity contribution in [3.8, 4) is 0 Å². The fraction of sp³-hybridized carbons (Fsp3) is 0.929. The lowest BCUT2D eigenvalue weighted by atomic mass is 10.0. The van der Waals surface area contributed by atoms with E-state index in [0.717, 1.165) is 24.3 Å². The van der Waals surface area contributed by atoms with Gasteiger partial charge in [-0.15, -0.1) is 0 Å². The fourth-order valence-electron chi connectivity index (χ4n) is 2.72. The van der Waals surface area contributed by atoms with Gasteiger partial charge in [0.05, 0.1) is 5.84 Å². The van der Waals surface area contributed by atoms with Crippen LogP contribution in [0.5, 0.6) is 0 Å². The van der Waals surface area contributed by atoms with E-state index in [1.165, 1.54) is 44.9 Å². The molecule has 0 heterocycles. The van der Waals surface area contributed by atoms with Crippen molar-refractivity contribution in [1.82, 2.24) is 4.90 Å².